The fraction of sp³-hybridized carbons (Fsp3) is 0.500. The van der Waals surface area contributed by atoms with Crippen molar-refractivity contribution < 1.29 is 19.7 Å². The minimum absolute atomic E-state index is 0.194. The Morgan fingerprint density at radius 1 is 1.25 bits per heavy atom. The zero-order valence-electron chi connectivity index (χ0n) is 20.7. The summed E-state index contributed by atoms with van der Waals surface area (Å²) in [5.41, 5.74) is 1.71. The number of pyridine rings is 1. The highest BCUT2D eigenvalue weighted by Gasteiger charge is 2.30. The van der Waals surface area contributed by atoms with E-state index in [1.807, 2.05) is 30.3 Å². The number of benzene rings is 1. The number of piperidine rings is 1. The third-order valence-corrected chi connectivity index (χ3v) is 8.67. The van der Waals surface area contributed by atoms with E-state index in [-0.39, 0.29) is 6.42 Å². The molecule has 4 rings (SSSR count). The molecule has 1 aliphatic rings. The molecule has 36 heavy (non-hydrogen) atoms. The standard InChI is InChI=1S/C28H35ClN2O4S/c1-35-21-6-8-25-24(17-21)23(12-14-30-25)26(32)9-4-19-13-16-31(18-20(19)5-11-28(33)34)15-2-3-22-7-10-27(29)36-22/h6-8,10,12,14,17,19-20,26,32H,2-5,9,11,13,15-16,18H2,1H3,(H,33,34)/t19-,20-,26-/m1/s1. The van der Waals surface area contributed by atoms with Crippen molar-refractivity contribution in [3.63, 3.8) is 0 Å². The summed E-state index contributed by atoms with van der Waals surface area (Å²) in [7, 11) is 1.63. The van der Waals surface area contributed by atoms with E-state index in [2.05, 4.69) is 16.0 Å². The van der Waals surface area contributed by atoms with Gasteiger partial charge in [-0.15, -0.1) is 11.3 Å². The molecule has 0 amide bonds. The lowest BCUT2D eigenvalue weighted by atomic mass is 9.79. The normalized spacial score (nSPS) is 19.4. The summed E-state index contributed by atoms with van der Waals surface area (Å²) in [5, 5.41) is 21.3. The largest absolute Gasteiger partial charge is 0.497 e. The first-order chi connectivity index (χ1) is 17.4. The van der Waals surface area contributed by atoms with Crippen LogP contribution in [0, 0.1) is 11.8 Å². The van der Waals surface area contributed by atoms with Crippen molar-refractivity contribution >= 4 is 39.8 Å². The molecule has 194 valence electrons. The number of aromatic nitrogens is 1. The molecule has 0 saturated carbocycles. The van der Waals surface area contributed by atoms with Crippen molar-refractivity contribution in [2.75, 3.05) is 26.7 Å². The summed E-state index contributed by atoms with van der Waals surface area (Å²) in [6, 6.07) is 11.7. The molecule has 8 heteroatoms. The van der Waals surface area contributed by atoms with Crippen LogP contribution in [0.2, 0.25) is 4.34 Å². The van der Waals surface area contributed by atoms with Crippen LogP contribution in [0.1, 0.15) is 55.1 Å². The number of halogens is 1. The van der Waals surface area contributed by atoms with Gasteiger partial charge < -0.3 is 19.8 Å². The van der Waals surface area contributed by atoms with Gasteiger partial charge in [0.2, 0.25) is 0 Å². The molecule has 2 N–H and O–H groups in total. The molecule has 0 radical (unpaired) electrons. The number of aliphatic carboxylic acids is 1. The van der Waals surface area contributed by atoms with Gasteiger partial charge in [-0.2, -0.15) is 0 Å². The number of thiophene rings is 1. The van der Waals surface area contributed by atoms with Crippen molar-refractivity contribution in [1.82, 2.24) is 9.88 Å². The van der Waals surface area contributed by atoms with Crippen LogP contribution in [-0.4, -0.2) is 52.8 Å². The van der Waals surface area contributed by atoms with Gasteiger partial charge in [0.05, 0.1) is 23.1 Å². The average Bonchev–Trinajstić information content (AvgIpc) is 3.30. The molecule has 0 spiro atoms. The zero-order valence-corrected chi connectivity index (χ0v) is 22.3. The number of likely N-dealkylation sites (tertiary alicyclic amines) is 1. The Hall–Kier alpha value is -2.19. The number of hydrogen-bond acceptors (Lipinski definition) is 6. The van der Waals surface area contributed by atoms with Gasteiger partial charge in [-0.25, -0.2) is 0 Å². The molecular weight excluding hydrogens is 496 g/mol. The number of hydrogen-bond donors (Lipinski definition) is 2. The Balaban J connectivity index is 1.35. The van der Waals surface area contributed by atoms with E-state index in [1.165, 1.54) is 4.88 Å². The van der Waals surface area contributed by atoms with Crippen LogP contribution in [0.15, 0.2) is 42.6 Å². The summed E-state index contributed by atoms with van der Waals surface area (Å²) in [5.74, 6) is 0.742. The van der Waals surface area contributed by atoms with Crippen LogP contribution in [0.25, 0.3) is 10.9 Å². The Morgan fingerprint density at radius 3 is 2.86 bits per heavy atom. The molecule has 2 aromatic heterocycles. The fourth-order valence-corrected chi connectivity index (χ4v) is 6.56. The van der Waals surface area contributed by atoms with Crippen molar-refractivity contribution in [2.24, 2.45) is 11.8 Å². The highest BCUT2D eigenvalue weighted by atomic mass is 35.5. The van der Waals surface area contributed by atoms with Crippen molar-refractivity contribution in [3.05, 3.63) is 57.4 Å². The number of nitrogens with zero attached hydrogens (tertiary/aromatic N) is 2. The Labute approximate surface area is 221 Å². The maximum atomic E-state index is 11.3. The number of methoxy groups -OCH3 is 1. The molecule has 1 aromatic carbocycles. The highest BCUT2D eigenvalue weighted by Crippen LogP contribution is 2.35. The maximum absolute atomic E-state index is 11.3. The summed E-state index contributed by atoms with van der Waals surface area (Å²) in [6.45, 7) is 2.96. The maximum Gasteiger partial charge on any atom is 0.303 e. The molecule has 0 unspecified atom stereocenters. The van der Waals surface area contributed by atoms with Crippen LogP contribution in [-0.2, 0) is 11.2 Å². The third kappa shape index (κ3) is 7.19. The number of carbonyl (C=O) groups is 1. The van der Waals surface area contributed by atoms with E-state index in [0.29, 0.717) is 24.7 Å². The van der Waals surface area contributed by atoms with E-state index < -0.39 is 12.1 Å². The number of ether oxygens (including phenoxy) is 1. The average molecular weight is 531 g/mol. The van der Waals surface area contributed by atoms with Crippen LogP contribution >= 0.6 is 22.9 Å². The number of carboxylic acids is 1. The second-order valence-electron chi connectivity index (χ2n) is 9.73. The monoisotopic (exact) mass is 530 g/mol. The molecular formula is C28H35ClN2O4S. The Kier molecular flexibility index (Phi) is 9.60. The van der Waals surface area contributed by atoms with Gasteiger partial charge in [-0.3, -0.25) is 9.78 Å². The molecule has 1 saturated heterocycles. The second kappa shape index (κ2) is 12.9. The fourth-order valence-electron chi connectivity index (χ4n) is 5.43. The number of aliphatic hydroxyl groups is 1. The molecule has 6 nitrogen and oxygen atoms in total. The van der Waals surface area contributed by atoms with E-state index >= 15 is 0 Å². The summed E-state index contributed by atoms with van der Waals surface area (Å²) in [4.78, 5) is 19.5. The van der Waals surface area contributed by atoms with Gasteiger partial charge in [0.25, 0.3) is 0 Å². The number of carboxylic acid groups (broad SMARTS) is 1. The first kappa shape index (κ1) is 26.9. The first-order valence-corrected chi connectivity index (χ1v) is 13.9. The van der Waals surface area contributed by atoms with Crippen molar-refractivity contribution in [1.29, 1.82) is 0 Å². The second-order valence-corrected chi connectivity index (χ2v) is 11.5. The minimum atomic E-state index is -0.738. The van der Waals surface area contributed by atoms with E-state index in [1.54, 1.807) is 24.6 Å². The lowest BCUT2D eigenvalue weighted by Crippen LogP contribution is -2.41. The van der Waals surface area contributed by atoms with E-state index in [9.17, 15) is 15.0 Å². The summed E-state index contributed by atoms with van der Waals surface area (Å²) < 4.78 is 6.20. The topological polar surface area (TPSA) is 82.9 Å². The van der Waals surface area contributed by atoms with Gasteiger partial charge in [-0.05, 0) is 105 Å². The number of fused-ring (bicyclic) bond motifs is 1. The lowest BCUT2D eigenvalue weighted by molar-refractivity contribution is -0.137. The predicted molar refractivity (Wildman–Crippen MR) is 145 cm³/mol. The molecule has 3 aromatic rings. The summed E-state index contributed by atoms with van der Waals surface area (Å²) in [6.07, 6.45) is 6.67. The summed E-state index contributed by atoms with van der Waals surface area (Å²) >= 11 is 7.69. The SMILES string of the molecule is COc1ccc2nccc([C@H](O)CC[C@@H]3CCN(CCCc4ccc(Cl)s4)C[C@H]3CCC(=O)O)c2c1. The van der Waals surface area contributed by atoms with E-state index in [0.717, 1.165) is 71.9 Å². The number of aryl methyl sites for hydroxylation is 1. The molecule has 3 heterocycles. The number of aliphatic hydroxyl groups excluding tert-OH is 1. The molecule has 1 aliphatic heterocycles. The molecule has 0 aliphatic carbocycles. The first-order valence-electron chi connectivity index (χ1n) is 12.7. The van der Waals surface area contributed by atoms with Gasteiger partial charge >= 0.3 is 5.97 Å². The van der Waals surface area contributed by atoms with E-state index in [4.69, 9.17) is 16.3 Å². The van der Waals surface area contributed by atoms with Gasteiger partial charge in [0, 0.05) is 29.4 Å². The predicted octanol–water partition coefficient (Wildman–Crippen LogP) is 6.21. The van der Waals surface area contributed by atoms with Crippen LogP contribution in [0.5, 0.6) is 5.75 Å². The van der Waals surface area contributed by atoms with Crippen molar-refractivity contribution in [3.8, 4) is 5.75 Å². The quantitative estimate of drug-likeness (QED) is 0.290. The lowest BCUT2D eigenvalue weighted by Gasteiger charge is -2.39. The van der Waals surface area contributed by atoms with Crippen molar-refractivity contribution in [2.45, 2.75) is 51.0 Å². The van der Waals surface area contributed by atoms with Gasteiger partial charge in [-0.1, -0.05) is 11.6 Å². The highest BCUT2D eigenvalue weighted by molar-refractivity contribution is 7.16. The Morgan fingerprint density at radius 2 is 2.11 bits per heavy atom. The molecule has 0 bridgehead atoms. The number of rotatable bonds is 12. The zero-order chi connectivity index (χ0) is 25.5. The van der Waals surface area contributed by atoms with Crippen LogP contribution in [0.3, 0.4) is 0 Å². The van der Waals surface area contributed by atoms with Crippen LogP contribution < -0.4 is 4.74 Å². The van der Waals surface area contributed by atoms with Gasteiger partial charge in [0.15, 0.2) is 0 Å². The third-order valence-electron chi connectivity index (χ3n) is 7.38. The molecule has 1 fully saturated rings. The minimum Gasteiger partial charge on any atom is -0.497 e. The van der Waals surface area contributed by atoms with Crippen LogP contribution in [0.4, 0.5) is 0 Å². The van der Waals surface area contributed by atoms with Gasteiger partial charge in [0.1, 0.15) is 5.75 Å². The molecule has 3 atom stereocenters. The Bertz CT molecular complexity index is 1150. The smallest absolute Gasteiger partial charge is 0.303 e.